The fourth-order valence-corrected chi connectivity index (χ4v) is 4.13. The summed E-state index contributed by atoms with van der Waals surface area (Å²) in [6.07, 6.45) is 1.01. The zero-order valence-corrected chi connectivity index (χ0v) is 21.4. The van der Waals surface area contributed by atoms with Gasteiger partial charge in [0.15, 0.2) is 0 Å². The van der Waals surface area contributed by atoms with E-state index < -0.39 is 0 Å². The van der Waals surface area contributed by atoms with Crippen LogP contribution in [-0.2, 0) is 31.8 Å². The number of rotatable bonds is 15. The van der Waals surface area contributed by atoms with Crippen molar-refractivity contribution in [3.8, 4) is 16.9 Å². The average Bonchev–Trinajstić information content (AvgIpc) is 3.31. The van der Waals surface area contributed by atoms with E-state index in [9.17, 15) is 9.59 Å². The number of Topliss-reactive ketones (excluding diaryl/α,β-unsaturated/α-hetero) is 1. The Hall–Kier alpha value is -3.72. The summed E-state index contributed by atoms with van der Waals surface area (Å²) in [5.41, 5.74) is 11.1. The monoisotopic (exact) mass is 518 g/mol. The topological polar surface area (TPSA) is 109 Å². The van der Waals surface area contributed by atoms with E-state index in [-0.39, 0.29) is 11.7 Å². The third kappa shape index (κ3) is 8.41. The van der Waals surface area contributed by atoms with Crippen LogP contribution < -0.4 is 15.8 Å². The van der Waals surface area contributed by atoms with Crippen molar-refractivity contribution < 1.29 is 28.5 Å². The number of ketones is 1. The molecule has 4 rings (SSSR count). The molecular formula is C30H34N2O6. The van der Waals surface area contributed by atoms with Crippen molar-refractivity contribution in [3.05, 3.63) is 83.4 Å². The summed E-state index contributed by atoms with van der Waals surface area (Å²) in [6, 6.07) is 20.8. The third-order valence-electron chi connectivity index (χ3n) is 6.09. The first-order valence-corrected chi connectivity index (χ1v) is 12.8. The Labute approximate surface area is 223 Å². The lowest BCUT2D eigenvalue weighted by molar-refractivity contribution is -0.117. The Kier molecular flexibility index (Phi) is 10.3. The molecule has 0 saturated carbocycles. The maximum atomic E-state index is 12.6. The van der Waals surface area contributed by atoms with Crippen LogP contribution >= 0.6 is 0 Å². The predicted molar refractivity (Wildman–Crippen MR) is 145 cm³/mol. The Morgan fingerprint density at radius 3 is 2.16 bits per heavy atom. The Morgan fingerprint density at radius 1 is 0.737 bits per heavy atom. The van der Waals surface area contributed by atoms with Crippen LogP contribution in [0, 0.1) is 0 Å². The molecular weight excluding hydrogens is 484 g/mol. The van der Waals surface area contributed by atoms with Crippen molar-refractivity contribution in [2.75, 3.05) is 58.5 Å². The average molecular weight is 519 g/mol. The highest BCUT2D eigenvalue weighted by Gasteiger charge is 2.18. The molecule has 0 radical (unpaired) electrons. The van der Waals surface area contributed by atoms with Gasteiger partial charge < -0.3 is 30.0 Å². The normalized spacial score (nSPS) is 12.4. The van der Waals surface area contributed by atoms with Gasteiger partial charge in [-0.1, -0.05) is 30.3 Å². The lowest BCUT2D eigenvalue weighted by Crippen LogP contribution is -2.27. The van der Waals surface area contributed by atoms with Gasteiger partial charge in [-0.25, -0.2) is 0 Å². The number of carbonyl (C=O) groups is 2. The Morgan fingerprint density at radius 2 is 1.39 bits per heavy atom. The van der Waals surface area contributed by atoms with Crippen molar-refractivity contribution in [2.45, 2.75) is 12.8 Å². The number of anilines is 1. The molecule has 0 bridgehead atoms. The Bertz CT molecular complexity index is 1210. The van der Waals surface area contributed by atoms with Crippen LogP contribution in [0.1, 0.15) is 21.5 Å². The van der Waals surface area contributed by atoms with Gasteiger partial charge in [0.1, 0.15) is 18.1 Å². The van der Waals surface area contributed by atoms with Crippen LogP contribution in [0.5, 0.6) is 5.75 Å². The molecule has 0 spiro atoms. The number of hydrogen-bond donors (Lipinski definition) is 2. The minimum atomic E-state index is -0.152. The summed E-state index contributed by atoms with van der Waals surface area (Å²) < 4.78 is 22.0. The molecule has 3 aromatic carbocycles. The van der Waals surface area contributed by atoms with Crippen molar-refractivity contribution in [1.29, 1.82) is 0 Å². The fraction of sp³-hybridized carbons (Fsp3) is 0.333. The van der Waals surface area contributed by atoms with Gasteiger partial charge in [-0.15, -0.1) is 0 Å². The van der Waals surface area contributed by atoms with E-state index in [0.29, 0.717) is 76.9 Å². The molecule has 0 heterocycles. The highest BCUT2D eigenvalue weighted by molar-refractivity contribution is 5.95. The molecule has 1 aliphatic rings. The second-order valence-electron chi connectivity index (χ2n) is 8.97. The van der Waals surface area contributed by atoms with Crippen molar-refractivity contribution in [2.24, 2.45) is 0 Å². The predicted octanol–water partition coefficient (Wildman–Crippen LogP) is 3.46. The van der Waals surface area contributed by atoms with E-state index >= 15 is 0 Å². The number of carbonyl (C=O) groups excluding carboxylic acids is 2. The van der Waals surface area contributed by atoms with E-state index in [2.05, 4.69) is 11.4 Å². The second-order valence-corrected chi connectivity index (χ2v) is 8.97. The summed E-state index contributed by atoms with van der Waals surface area (Å²) in [5, 5.41) is 2.88. The molecule has 3 aromatic rings. The minimum Gasteiger partial charge on any atom is -0.491 e. The molecule has 38 heavy (non-hydrogen) atoms. The van der Waals surface area contributed by atoms with Gasteiger partial charge in [0, 0.05) is 30.6 Å². The van der Waals surface area contributed by atoms with E-state index in [1.165, 1.54) is 0 Å². The van der Waals surface area contributed by atoms with Crippen LogP contribution in [-0.4, -0.2) is 64.5 Å². The molecule has 3 N–H and O–H groups in total. The Balaban J connectivity index is 1.03. The molecule has 0 aliphatic heterocycles. The molecule has 8 heteroatoms. The number of nitrogens with one attached hydrogen (secondary N) is 1. The summed E-state index contributed by atoms with van der Waals surface area (Å²) in [7, 11) is 0. The van der Waals surface area contributed by atoms with Crippen LogP contribution in [0.25, 0.3) is 11.1 Å². The molecule has 0 fully saturated rings. The molecule has 200 valence electrons. The lowest BCUT2D eigenvalue weighted by Gasteiger charge is -2.10. The highest BCUT2D eigenvalue weighted by atomic mass is 16.6. The number of ether oxygens (including phenoxy) is 4. The molecule has 0 saturated heterocycles. The maximum Gasteiger partial charge on any atom is 0.251 e. The van der Waals surface area contributed by atoms with Gasteiger partial charge in [0.25, 0.3) is 5.91 Å². The number of amides is 1. The minimum absolute atomic E-state index is 0.152. The van der Waals surface area contributed by atoms with Gasteiger partial charge >= 0.3 is 0 Å². The van der Waals surface area contributed by atoms with Crippen LogP contribution in [0.2, 0.25) is 0 Å². The molecule has 8 nitrogen and oxygen atoms in total. The molecule has 1 amide bonds. The van der Waals surface area contributed by atoms with Crippen LogP contribution in [0.3, 0.4) is 0 Å². The summed E-state index contributed by atoms with van der Waals surface area (Å²) in [5.74, 6) is 0.858. The van der Waals surface area contributed by atoms with Gasteiger partial charge in [0.05, 0.1) is 39.6 Å². The van der Waals surface area contributed by atoms with E-state index in [1.54, 1.807) is 18.2 Å². The summed E-state index contributed by atoms with van der Waals surface area (Å²) in [4.78, 5) is 24.3. The number of nitrogens with two attached hydrogens (primary N) is 1. The van der Waals surface area contributed by atoms with Crippen molar-refractivity contribution in [1.82, 2.24) is 5.32 Å². The smallest absolute Gasteiger partial charge is 0.251 e. The van der Waals surface area contributed by atoms with Crippen LogP contribution in [0.4, 0.5) is 5.69 Å². The summed E-state index contributed by atoms with van der Waals surface area (Å²) in [6.45, 7) is 3.57. The first kappa shape index (κ1) is 27.3. The number of benzene rings is 3. The summed E-state index contributed by atoms with van der Waals surface area (Å²) >= 11 is 0. The SMILES string of the molecule is Nc1ccc(OCCOCCOCCOCCNC(=O)c2cccc(-c3ccc4c(c3)CC(=O)C4)c2)cc1. The molecule has 0 unspecified atom stereocenters. The highest BCUT2D eigenvalue weighted by Crippen LogP contribution is 2.27. The number of fused-ring (bicyclic) bond motifs is 1. The van der Waals surface area contributed by atoms with Crippen molar-refractivity contribution in [3.63, 3.8) is 0 Å². The van der Waals surface area contributed by atoms with Crippen molar-refractivity contribution >= 4 is 17.4 Å². The third-order valence-corrected chi connectivity index (χ3v) is 6.09. The second kappa shape index (κ2) is 14.3. The number of hydrogen-bond acceptors (Lipinski definition) is 7. The van der Waals surface area contributed by atoms with E-state index in [4.69, 9.17) is 24.7 Å². The number of nitrogen functional groups attached to an aromatic ring is 1. The molecule has 0 aromatic heterocycles. The largest absolute Gasteiger partial charge is 0.491 e. The standard InChI is InChI=1S/C30H34N2O6/c31-27-6-8-29(9-7-27)38-17-16-37-15-14-36-13-12-35-11-10-32-30(34)25-3-1-2-22(18-25)23-4-5-24-20-28(33)21-26(24)19-23/h1-9,18-19H,10-17,20-21,31H2,(H,32,34). The van der Waals surface area contributed by atoms with E-state index in [1.807, 2.05) is 42.5 Å². The zero-order chi connectivity index (χ0) is 26.6. The van der Waals surface area contributed by atoms with E-state index in [0.717, 1.165) is 28.0 Å². The van der Waals surface area contributed by atoms with Crippen LogP contribution in [0.15, 0.2) is 66.7 Å². The van der Waals surface area contributed by atoms with Gasteiger partial charge in [0.2, 0.25) is 0 Å². The quantitative estimate of drug-likeness (QED) is 0.234. The molecule has 1 aliphatic carbocycles. The van der Waals surface area contributed by atoms with Gasteiger partial charge in [-0.2, -0.15) is 0 Å². The first-order chi connectivity index (χ1) is 18.6. The molecule has 0 atom stereocenters. The maximum absolute atomic E-state index is 12.6. The van der Waals surface area contributed by atoms with Gasteiger partial charge in [-0.05, 0) is 58.7 Å². The first-order valence-electron chi connectivity index (χ1n) is 12.8. The van der Waals surface area contributed by atoms with Gasteiger partial charge in [-0.3, -0.25) is 9.59 Å². The fourth-order valence-electron chi connectivity index (χ4n) is 4.13. The lowest BCUT2D eigenvalue weighted by atomic mass is 9.99. The zero-order valence-electron chi connectivity index (χ0n) is 21.4.